The Kier molecular flexibility index (Phi) is 2.77. The number of fused-ring (bicyclic) bond motifs is 3. The van der Waals surface area contributed by atoms with Gasteiger partial charge in [0.2, 0.25) is 0 Å². The summed E-state index contributed by atoms with van der Waals surface area (Å²) in [6.45, 7) is 1.84. The van der Waals surface area contributed by atoms with E-state index in [0.29, 0.717) is 17.0 Å². The summed E-state index contributed by atoms with van der Waals surface area (Å²) in [4.78, 5) is 6.34. The van der Waals surface area contributed by atoms with Crippen LogP contribution in [0.4, 0.5) is 0 Å². The van der Waals surface area contributed by atoms with Crippen LogP contribution in [0.15, 0.2) is 34.8 Å². The van der Waals surface area contributed by atoms with Crippen LogP contribution in [0.1, 0.15) is 11.6 Å². The number of aliphatic imine (C=N–C) groups is 1. The molecule has 1 saturated heterocycles. The second-order valence-corrected chi connectivity index (χ2v) is 5.92. The van der Waals surface area contributed by atoms with E-state index < -0.39 is 0 Å². The van der Waals surface area contributed by atoms with Crippen molar-refractivity contribution in [2.75, 3.05) is 20.1 Å². The summed E-state index contributed by atoms with van der Waals surface area (Å²) >= 11 is 6.12. The van der Waals surface area contributed by atoms with E-state index in [1.165, 1.54) is 0 Å². The highest BCUT2D eigenvalue weighted by Gasteiger charge is 2.40. The van der Waals surface area contributed by atoms with Crippen molar-refractivity contribution in [1.82, 2.24) is 15.5 Å². The molecule has 110 valence electrons. The Balaban J connectivity index is 1.77. The van der Waals surface area contributed by atoms with Crippen LogP contribution in [-0.4, -0.2) is 37.0 Å². The summed E-state index contributed by atoms with van der Waals surface area (Å²) in [5.74, 6) is 2.78. The number of likely N-dealkylation sites (N-methyl/N-ethyl adjacent to an activating group) is 1. The Morgan fingerprint density at radius 3 is 3.00 bits per heavy atom. The third-order valence-corrected chi connectivity index (χ3v) is 4.30. The lowest BCUT2D eigenvalue weighted by Gasteiger charge is -2.34. The van der Waals surface area contributed by atoms with Crippen molar-refractivity contribution in [3.05, 3.63) is 40.4 Å². The standard InChI is InChI=1S/C14H16ClN5O/c1-20-11-9-4-7(15)2-3-10(9)21-12(11)13(19-14(20)16)18-8-5-17-6-8/h2-4,8,11,17-18H,5-6H2,1H3,(H2,16,19). The fourth-order valence-electron chi connectivity index (χ4n) is 2.77. The van der Waals surface area contributed by atoms with E-state index in [1.807, 2.05) is 30.1 Å². The quantitative estimate of drug-likeness (QED) is 0.752. The predicted molar refractivity (Wildman–Crippen MR) is 81.0 cm³/mol. The van der Waals surface area contributed by atoms with E-state index in [4.69, 9.17) is 22.1 Å². The largest absolute Gasteiger partial charge is 0.455 e. The summed E-state index contributed by atoms with van der Waals surface area (Å²) in [7, 11) is 1.91. The third-order valence-electron chi connectivity index (χ3n) is 4.07. The van der Waals surface area contributed by atoms with Gasteiger partial charge >= 0.3 is 0 Å². The first kappa shape index (κ1) is 12.8. The van der Waals surface area contributed by atoms with Gasteiger partial charge in [-0.3, -0.25) is 0 Å². The number of rotatable bonds is 2. The number of hydrogen-bond donors (Lipinski definition) is 3. The molecule has 4 N–H and O–H groups in total. The normalized spacial score (nSPS) is 24.0. The third kappa shape index (κ3) is 1.94. The Bertz CT molecular complexity index is 667. The Morgan fingerprint density at radius 1 is 1.48 bits per heavy atom. The van der Waals surface area contributed by atoms with Crippen LogP contribution in [0, 0.1) is 0 Å². The van der Waals surface area contributed by atoms with E-state index in [-0.39, 0.29) is 6.04 Å². The topological polar surface area (TPSA) is 74.9 Å². The van der Waals surface area contributed by atoms with Gasteiger partial charge in [0.1, 0.15) is 11.8 Å². The first-order valence-electron chi connectivity index (χ1n) is 6.89. The molecule has 7 heteroatoms. The molecule has 0 saturated carbocycles. The highest BCUT2D eigenvalue weighted by molar-refractivity contribution is 6.30. The second kappa shape index (κ2) is 4.54. The van der Waals surface area contributed by atoms with Crippen LogP contribution in [0.25, 0.3) is 0 Å². The maximum absolute atomic E-state index is 6.12. The van der Waals surface area contributed by atoms with Crippen molar-refractivity contribution < 1.29 is 4.74 Å². The van der Waals surface area contributed by atoms with Crippen LogP contribution in [-0.2, 0) is 0 Å². The summed E-state index contributed by atoms with van der Waals surface area (Å²) in [5, 5.41) is 7.30. The van der Waals surface area contributed by atoms with Crippen LogP contribution >= 0.6 is 11.6 Å². The Labute approximate surface area is 127 Å². The molecule has 0 bridgehead atoms. The van der Waals surface area contributed by atoms with Crippen molar-refractivity contribution in [2.24, 2.45) is 10.7 Å². The minimum Gasteiger partial charge on any atom is -0.455 e. The molecule has 1 unspecified atom stereocenters. The van der Waals surface area contributed by atoms with Gasteiger partial charge in [0.25, 0.3) is 0 Å². The number of ether oxygens (including phenoxy) is 1. The molecule has 3 aliphatic heterocycles. The van der Waals surface area contributed by atoms with Crippen LogP contribution in [0.3, 0.4) is 0 Å². The molecule has 1 aromatic carbocycles. The first-order chi connectivity index (χ1) is 10.1. The molecule has 0 aromatic heterocycles. The van der Waals surface area contributed by atoms with Gasteiger partial charge in [0.15, 0.2) is 17.5 Å². The smallest absolute Gasteiger partial charge is 0.198 e. The SMILES string of the molecule is CN1C(N)=NC(NC2CNC2)=C2Oc3ccc(Cl)cc3C21. The molecule has 0 amide bonds. The average Bonchev–Trinajstić information content (AvgIpc) is 2.78. The summed E-state index contributed by atoms with van der Waals surface area (Å²) < 4.78 is 6.00. The highest BCUT2D eigenvalue weighted by Crippen LogP contribution is 2.45. The van der Waals surface area contributed by atoms with Crippen LogP contribution in [0.5, 0.6) is 5.75 Å². The zero-order valence-electron chi connectivity index (χ0n) is 11.6. The van der Waals surface area contributed by atoms with Gasteiger partial charge in [-0.15, -0.1) is 0 Å². The van der Waals surface area contributed by atoms with Crippen molar-refractivity contribution in [2.45, 2.75) is 12.1 Å². The molecule has 0 spiro atoms. The van der Waals surface area contributed by atoms with Gasteiger partial charge in [-0.2, -0.15) is 4.99 Å². The van der Waals surface area contributed by atoms with Gasteiger partial charge in [0.05, 0.1) is 6.04 Å². The number of nitrogens with two attached hydrogens (primary N) is 1. The number of hydrogen-bond acceptors (Lipinski definition) is 6. The van der Waals surface area contributed by atoms with Gasteiger partial charge in [-0.25, -0.2) is 0 Å². The molecular formula is C14H16ClN5O. The molecule has 4 rings (SSSR count). The lowest BCUT2D eigenvalue weighted by Crippen LogP contribution is -2.55. The van der Waals surface area contributed by atoms with E-state index in [1.54, 1.807) is 0 Å². The molecule has 1 fully saturated rings. The molecule has 6 nitrogen and oxygen atoms in total. The van der Waals surface area contributed by atoms with Gasteiger partial charge in [-0.05, 0) is 18.2 Å². The molecule has 3 heterocycles. The van der Waals surface area contributed by atoms with Crippen molar-refractivity contribution in [1.29, 1.82) is 0 Å². The molecular weight excluding hydrogens is 290 g/mol. The molecule has 0 aliphatic carbocycles. The highest BCUT2D eigenvalue weighted by atomic mass is 35.5. The van der Waals surface area contributed by atoms with E-state index in [9.17, 15) is 0 Å². The molecule has 0 radical (unpaired) electrons. The predicted octanol–water partition coefficient (Wildman–Crippen LogP) is 0.764. The fraction of sp³-hybridized carbons (Fsp3) is 0.357. The summed E-state index contributed by atoms with van der Waals surface area (Å²) in [6, 6.07) is 5.92. The summed E-state index contributed by atoms with van der Waals surface area (Å²) in [5.41, 5.74) is 7.07. The van der Waals surface area contributed by atoms with Crippen molar-refractivity contribution in [3.8, 4) is 5.75 Å². The van der Waals surface area contributed by atoms with Crippen LogP contribution in [0.2, 0.25) is 5.02 Å². The second-order valence-electron chi connectivity index (χ2n) is 5.48. The minimum absolute atomic E-state index is 0.0771. The molecule has 1 aromatic rings. The molecule has 21 heavy (non-hydrogen) atoms. The monoisotopic (exact) mass is 305 g/mol. The van der Waals surface area contributed by atoms with E-state index in [0.717, 1.165) is 36.0 Å². The molecule has 3 aliphatic rings. The fourth-order valence-corrected chi connectivity index (χ4v) is 2.95. The minimum atomic E-state index is -0.0771. The van der Waals surface area contributed by atoms with Crippen molar-refractivity contribution in [3.63, 3.8) is 0 Å². The Morgan fingerprint density at radius 2 is 2.29 bits per heavy atom. The van der Waals surface area contributed by atoms with Crippen LogP contribution < -0.4 is 21.1 Å². The first-order valence-corrected chi connectivity index (χ1v) is 7.27. The maximum atomic E-state index is 6.12. The number of nitrogens with one attached hydrogen (secondary N) is 2. The lowest BCUT2D eigenvalue weighted by molar-refractivity contribution is 0.309. The Hall–Kier alpha value is -1.92. The van der Waals surface area contributed by atoms with Gasteiger partial charge < -0.3 is 26.0 Å². The zero-order chi connectivity index (χ0) is 14.6. The van der Waals surface area contributed by atoms with E-state index in [2.05, 4.69) is 15.6 Å². The van der Waals surface area contributed by atoms with E-state index >= 15 is 0 Å². The van der Waals surface area contributed by atoms with Gasteiger partial charge in [-0.1, -0.05) is 11.6 Å². The molecule has 1 atom stereocenters. The number of guanidine groups is 1. The number of benzene rings is 1. The zero-order valence-corrected chi connectivity index (χ0v) is 12.3. The number of nitrogens with zero attached hydrogens (tertiary/aromatic N) is 2. The number of halogens is 1. The maximum Gasteiger partial charge on any atom is 0.198 e. The lowest BCUT2D eigenvalue weighted by atomic mass is 10.0. The van der Waals surface area contributed by atoms with Crippen molar-refractivity contribution >= 4 is 17.6 Å². The average molecular weight is 306 g/mol. The summed E-state index contributed by atoms with van der Waals surface area (Å²) in [6.07, 6.45) is 0. The van der Waals surface area contributed by atoms with Gasteiger partial charge in [0, 0.05) is 30.7 Å².